The molecule has 2 aromatic rings. The normalized spacial score (nSPS) is 10.9. The van der Waals surface area contributed by atoms with Gasteiger partial charge in [0.1, 0.15) is 0 Å². The molecule has 1 amide bonds. The van der Waals surface area contributed by atoms with Crippen LogP contribution in [-0.2, 0) is 6.54 Å². The fraction of sp³-hybridized carbons (Fsp3) is 0.357. The summed E-state index contributed by atoms with van der Waals surface area (Å²) in [6.45, 7) is 4.72. The maximum absolute atomic E-state index is 11.7. The summed E-state index contributed by atoms with van der Waals surface area (Å²) in [4.78, 5) is 11.7. The van der Waals surface area contributed by atoms with Crippen molar-refractivity contribution in [1.29, 1.82) is 0 Å². The van der Waals surface area contributed by atoms with E-state index in [1.807, 2.05) is 30.7 Å². The molecule has 0 bridgehead atoms. The van der Waals surface area contributed by atoms with Crippen LogP contribution in [0.5, 0.6) is 0 Å². The highest BCUT2D eigenvalue weighted by Gasteiger charge is 2.22. The van der Waals surface area contributed by atoms with Gasteiger partial charge >= 0.3 is 0 Å². The molecule has 102 valence electrons. The molecule has 0 aliphatic heterocycles. The first-order valence-corrected chi connectivity index (χ1v) is 7.15. The Hall–Kier alpha value is -1.59. The van der Waals surface area contributed by atoms with E-state index in [4.69, 9.17) is 10.8 Å². The number of carbonyl (C=O) groups is 1. The zero-order valence-electron chi connectivity index (χ0n) is 11.1. The molecule has 2 rings (SSSR count). The van der Waals surface area contributed by atoms with E-state index in [0.29, 0.717) is 18.5 Å². The molecule has 2 heterocycles. The molecule has 3 N–H and O–H groups in total. The zero-order chi connectivity index (χ0) is 14.0. The molecule has 0 aromatic carbocycles. The first-order valence-electron chi connectivity index (χ1n) is 6.20. The van der Waals surface area contributed by atoms with E-state index in [2.05, 4.69) is 4.57 Å². The predicted octanol–water partition coefficient (Wildman–Crippen LogP) is 2.31. The van der Waals surface area contributed by atoms with Crippen LogP contribution < -0.4 is 5.73 Å². The third-order valence-corrected chi connectivity index (χ3v) is 4.06. The minimum Gasteiger partial charge on any atom is -0.396 e. The predicted molar refractivity (Wildman–Crippen MR) is 77.4 cm³/mol. The zero-order valence-corrected chi connectivity index (χ0v) is 12.0. The van der Waals surface area contributed by atoms with Crippen LogP contribution in [0.15, 0.2) is 16.8 Å². The van der Waals surface area contributed by atoms with Gasteiger partial charge in [-0.3, -0.25) is 4.79 Å². The number of aromatic nitrogens is 1. The number of primary amides is 1. The van der Waals surface area contributed by atoms with Gasteiger partial charge in [-0.2, -0.15) is 11.3 Å². The molecule has 0 radical (unpaired) electrons. The third kappa shape index (κ3) is 2.43. The van der Waals surface area contributed by atoms with Crippen LogP contribution in [0.1, 0.15) is 28.2 Å². The summed E-state index contributed by atoms with van der Waals surface area (Å²) in [5.41, 5.74) is 9.98. The monoisotopic (exact) mass is 278 g/mol. The number of nitrogens with zero attached hydrogens (tertiary/aromatic N) is 1. The van der Waals surface area contributed by atoms with Gasteiger partial charge in [-0.05, 0) is 42.7 Å². The quantitative estimate of drug-likeness (QED) is 0.881. The van der Waals surface area contributed by atoms with Crippen molar-refractivity contribution in [3.05, 3.63) is 33.8 Å². The Balaban J connectivity index is 2.61. The number of carbonyl (C=O) groups excluding carboxylic acids is 1. The van der Waals surface area contributed by atoms with Gasteiger partial charge in [-0.15, -0.1) is 0 Å². The molecule has 19 heavy (non-hydrogen) atoms. The van der Waals surface area contributed by atoms with E-state index in [-0.39, 0.29) is 6.61 Å². The van der Waals surface area contributed by atoms with Gasteiger partial charge in [-0.25, -0.2) is 0 Å². The maximum atomic E-state index is 11.7. The standard InChI is InChI=1S/C14H18N2O2S/c1-9-12(11-4-7-19-8-11)13(14(15)18)10(2)16(9)5-3-6-17/h4,7-8,17H,3,5-6H2,1-2H3,(H2,15,18). The second kappa shape index (κ2) is 5.59. The first kappa shape index (κ1) is 13.8. The summed E-state index contributed by atoms with van der Waals surface area (Å²) >= 11 is 1.60. The Bertz CT molecular complexity index is 585. The van der Waals surface area contributed by atoms with E-state index < -0.39 is 5.91 Å². The van der Waals surface area contributed by atoms with Crippen LogP contribution in [0.25, 0.3) is 11.1 Å². The lowest BCUT2D eigenvalue weighted by atomic mass is 10.0. The minimum absolute atomic E-state index is 0.136. The molecule has 4 nitrogen and oxygen atoms in total. The molecule has 0 atom stereocenters. The number of rotatable bonds is 5. The van der Waals surface area contributed by atoms with Gasteiger partial charge in [0.15, 0.2) is 0 Å². The van der Waals surface area contributed by atoms with E-state index in [1.54, 1.807) is 11.3 Å². The number of aliphatic hydroxyl groups is 1. The molecular weight excluding hydrogens is 260 g/mol. The summed E-state index contributed by atoms with van der Waals surface area (Å²) < 4.78 is 2.06. The summed E-state index contributed by atoms with van der Waals surface area (Å²) in [6.07, 6.45) is 0.664. The average molecular weight is 278 g/mol. The summed E-state index contributed by atoms with van der Waals surface area (Å²) in [5, 5.41) is 13.0. The van der Waals surface area contributed by atoms with Crippen molar-refractivity contribution in [3.63, 3.8) is 0 Å². The van der Waals surface area contributed by atoms with Crippen LogP contribution in [0.4, 0.5) is 0 Å². The van der Waals surface area contributed by atoms with E-state index in [1.165, 1.54) is 0 Å². The second-order valence-corrected chi connectivity index (χ2v) is 5.31. The van der Waals surface area contributed by atoms with Crippen molar-refractivity contribution < 1.29 is 9.90 Å². The highest BCUT2D eigenvalue weighted by molar-refractivity contribution is 7.08. The number of thiophene rings is 1. The first-order chi connectivity index (χ1) is 9.07. The molecule has 0 unspecified atom stereocenters. The summed E-state index contributed by atoms with van der Waals surface area (Å²) in [5.74, 6) is -0.399. The van der Waals surface area contributed by atoms with Crippen LogP contribution in [0, 0.1) is 13.8 Å². The van der Waals surface area contributed by atoms with Gasteiger partial charge in [0, 0.05) is 30.1 Å². The Morgan fingerprint density at radius 2 is 2.16 bits per heavy atom. The largest absolute Gasteiger partial charge is 0.396 e. The highest BCUT2D eigenvalue weighted by atomic mass is 32.1. The van der Waals surface area contributed by atoms with Gasteiger partial charge < -0.3 is 15.4 Å². The van der Waals surface area contributed by atoms with E-state index >= 15 is 0 Å². The Morgan fingerprint density at radius 3 is 2.68 bits per heavy atom. The number of amides is 1. The van der Waals surface area contributed by atoms with Gasteiger partial charge in [-0.1, -0.05) is 0 Å². The Labute approximate surface area is 116 Å². The van der Waals surface area contributed by atoms with Crippen LogP contribution in [-0.4, -0.2) is 22.2 Å². The van der Waals surface area contributed by atoms with Gasteiger partial charge in [0.25, 0.3) is 5.91 Å². The van der Waals surface area contributed by atoms with Crippen molar-refractivity contribution in [2.45, 2.75) is 26.8 Å². The molecule has 5 heteroatoms. The number of nitrogens with two attached hydrogens (primary N) is 1. The van der Waals surface area contributed by atoms with Crippen molar-refractivity contribution in [2.24, 2.45) is 5.73 Å². The molecular formula is C14H18N2O2S. The molecule has 0 aliphatic rings. The fourth-order valence-corrected chi connectivity index (χ4v) is 3.16. The second-order valence-electron chi connectivity index (χ2n) is 4.53. The van der Waals surface area contributed by atoms with Crippen molar-refractivity contribution in [1.82, 2.24) is 4.57 Å². The fourth-order valence-electron chi connectivity index (χ4n) is 2.51. The molecule has 0 spiro atoms. The highest BCUT2D eigenvalue weighted by Crippen LogP contribution is 2.33. The van der Waals surface area contributed by atoms with Crippen molar-refractivity contribution >= 4 is 17.2 Å². The van der Waals surface area contributed by atoms with Gasteiger partial charge in [0.2, 0.25) is 0 Å². The number of hydrogen-bond acceptors (Lipinski definition) is 3. The maximum Gasteiger partial charge on any atom is 0.251 e. The molecule has 0 aliphatic carbocycles. The molecule has 2 aromatic heterocycles. The van der Waals surface area contributed by atoms with E-state index in [9.17, 15) is 4.79 Å². The smallest absolute Gasteiger partial charge is 0.251 e. The summed E-state index contributed by atoms with van der Waals surface area (Å²) in [7, 11) is 0. The van der Waals surface area contributed by atoms with Crippen LogP contribution in [0.2, 0.25) is 0 Å². The molecule has 0 fully saturated rings. The SMILES string of the molecule is Cc1c(C(N)=O)c(-c2ccsc2)c(C)n1CCCO. The minimum atomic E-state index is -0.399. The lowest BCUT2D eigenvalue weighted by Gasteiger charge is -2.08. The third-order valence-electron chi connectivity index (χ3n) is 3.38. The average Bonchev–Trinajstić information content (AvgIpc) is 2.95. The number of hydrogen-bond donors (Lipinski definition) is 2. The molecule has 0 saturated heterocycles. The van der Waals surface area contributed by atoms with E-state index in [0.717, 1.165) is 22.5 Å². The van der Waals surface area contributed by atoms with Crippen molar-refractivity contribution in [3.8, 4) is 11.1 Å². The van der Waals surface area contributed by atoms with Crippen LogP contribution in [0.3, 0.4) is 0 Å². The van der Waals surface area contributed by atoms with Crippen molar-refractivity contribution in [2.75, 3.05) is 6.61 Å². The lowest BCUT2D eigenvalue weighted by Crippen LogP contribution is -2.13. The Morgan fingerprint density at radius 1 is 1.42 bits per heavy atom. The lowest BCUT2D eigenvalue weighted by molar-refractivity contribution is 0.1000. The topological polar surface area (TPSA) is 68.2 Å². The van der Waals surface area contributed by atoms with Gasteiger partial charge in [0.05, 0.1) is 5.56 Å². The number of aliphatic hydroxyl groups excluding tert-OH is 1. The summed E-state index contributed by atoms with van der Waals surface area (Å²) in [6, 6.07) is 2.00. The molecule has 0 saturated carbocycles. The Kier molecular flexibility index (Phi) is 4.07. The van der Waals surface area contributed by atoms with Crippen LogP contribution >= 0.6 is 11.3 Å².